The Morgan fingerprint density at radius 2 is 1.95 bits per heavy atom. The molecule has 1 N–H and O–H groups in total. The summed E-state index contributed by atoms with van der Waals surface area (Å²) in [6.07, 6.45) is 4.90. The van der Waals surface area contributed by atoms with Crippen LogP contribution in [0.2, 0.25) is 0 Å². The molecule has 0 aliphatic rings. The molecule has 0 bridgehead atoms. The van der Waals surface area contributed by atoms with Crippen molar-refractivity contribution in [2.75, 3.05) is 30.4 Å². The van der Waals surface area contributed by atoms with Crippen LogP contribution in [0.1, 0.15) is 46.1 Å². The Morgan fingerprint density at radius 1 is 1.21 bits per heavy atom. The normalized spacial score (nSPS) is 10.8. The molecule has 0 aliphatic heterocycles. The fourth-order valence-electron chi connectivity index (χ4n) is 2.24. The lowest BCUT2D eigenvalue weighted by atomic mass is 10.1. The zero-order chi connectivity index (χ0) is 14.3. The molecule has 1 heterocycles. The van der Waals surface area contributed by atoms with E-state index < -0.39 is 0 Å². The molecule has 0 saturated heterocycles. The molecular weight excluding hydrogens is 236 g/mol. The lowest BCUT2D eigenvalue weighted by molar-refractivity contribution is 0.632. The third kappa shape index (κ3) is 4.69. The van der Waals surface area contributed by atoms with Gasteiger partial charge in [-0.2, -0.15) is 0 Å². The molecule has 0 aromatic carbocycles. The highest BCUT2D eigenvalue weighted by Crippen LogP contribution is 2.24. The summed E-state index contributed by atoms with van der Waals surface area (Å²) < 4.78 is 0. The number of aromatic nitrogens is 2. The van der Waals surface area contributed by atoms with Gasteiger partial charge in [-0.3, -0.25) is 0 Å². The quantitative estimate of drug-likeness (QED) is 0.782. The predicted octanol–water partition coefficient (Wildman–Crippen LogP) is 3.34. The van der Waals surface area contributed by atoms with E-state index in [2.05, 4.69) is 54.9 Å². The van der Waals surface area contributed by atoms with Crippen molar-refractivity contribution in [3.63, 3.8) is 0 Å². The minimum atomic E-state index is 0.626. The van der Waals surface area contributed by atoms with Crippen molar-refractivity contribution in [2.45, 2.75) is 47.0 Å². The summed E-state index contributed by atoms with van der Waals surface area (Å²) in [6.45, 7) is 10.8. The number of anilines is 2. The van der Waals surface area contributed by atoms with Crippen molar-refractivity contribution in [3.8, 4) is 0 Å². The van der Waals surface area contributed by atoms with Gasteiger partial charge in [0.05, 0.1) is 0 Å². The van der Waals surface area contributed by atoms with E-state index in [0.29, 0.717) is 5.92 Å². The average molecular weight is 264 g/mol. The Labute approximate surface area is 117 Å². The summed E-state index contributed by atoms with van der Waals surface area (Å²) in [5.41, 5.74) is 1.25. The predicted molar refractivity (Wildman–Crippen MR) is 82.9 cm³/mol. The van der Waals surface area contributed by atoms with E-state index in [4.69, 9.17) is 0 Å². The summed E-state index contributed by atoms with van der Waals surface area (Å²) in [4.78, 5) is 11.1. The lowest BCUT2D eigenvalue weighted by Crippen LogP contribution is -2.25. The topological polar surface area (TPSA) is 41.1 Å². The fraction of sp³-hybridized carbons (Fsp3) is 0.733. The zero-order valence-electron chi connectivity index (χ0n) is 13.0. The van der Waals surface area contributed by atoms with Crippen LogP contribution in [-0.4, -0.2) is 30.1 Å². The largest absolute Gasteiger partial charge is 0.370 e. The summed E-state index contributed by atoms with van der Waals surface area (Å²) >= 11 is 0. The number of hydrogen-bond acceptors (Lipinski definition) is 4. The Kier molecular flexibility index (Phi) is 6.60. The van der Waals surface area contributed by atoms with E-state index in [1.165, 1.54) is 5.56 Å². The molecule has 0 fully saturated rings. The van der Waals surface area contributed by atoms with Crippen LogP contribution in [0.5, 0.6) is 0 Å². The van der Waals surface area contributed by atoms with Crippen LogP contribution in [0, 0.1) is 5.92 Å². The van der Waals surface area contributed by atoms with Gasteiger partial charge in [0.1, 0.15) is 18.0 Å². The second-order valence-corrected chi connectivity index (χ2v) is 5.48. The zero-order valence-corrected chi connectivity index (χ0v) is 13.0. The molecule has 0 atom stereocenters. The van der Waals surface area contributed by atoms with E-state index in [0.717, 1.165) is 44.0 Å². The second-order valence-electron chi connectivity index (χ2n) is 5.48. The van der Waals surface area contributed by atoms with Gasteiger partial charge < -0.3 is 10.2 Å². The minimum absolute atomic E-state index is 0.626. The first kappa shape index (κ1) is 15.7. The van der Waals surface area contributed by atoms with E-state index >= 15 is 0 Å². The van der Waals surface area contributed by atoms with Crippen LogP contribution >= 0.6 is 0 Å². The van der Waals surface area contributed by atoms with Crippen LogP contribution in [0.15, 0.2) is 6.33 Å². The number of hydrogen-bond donors (Lipinski definition) is 1. The van der Waals surface area contributed by atoms with Crippen LogP contribution in [0.4, 0.5) is 11.6 Å². The molecule has 0 spiro atoms. The summed E-state index contributed by atoms with van der Waals surface area (Å²) in [5, 5.41) is 3.42. The van der Waals surface area contributed by atoms with E-state index in [9.17, 15) is 0 Å². The highest BCUT2D eigenvalue weighted by Gasteiger charge is 2.14. The first-order valence-corrected chi connectivity index (χ1v) is 7.38. The third-order valence-corrected chi connectivity index (χ3v) is 2.97. The van der Waals surface area contributed by atoms with Crippen molar-refractivity contribution in [1.29, 1.82) is 0 Å². The smallest absolute Gasteiger partial charge is 0.137 e. The maximum Gasteiger partial charge on any atom is 0.137 e. The minimum Gasteiger partial charge on any atom is -0.370 e. The van der Waals surface area contributed by atoms with Crippen LogP contribution in [0.3, 0.4) is 0 Å². The Balaban J connectivity index is 3.00. The first-order chi connectivity index (χ1) is 9.10. The number of nitrogens with zero attached hydrogens (tertiary/aromatic N) is 3. The lowest BCUT2D eigenvalue weighted by Gasteiger charge is -2.24. The SMILES string of the molecule is CCCNc1ncnc(N(C)CC(C)C)c1CCC. The fourth-order valence-corrected chi connectivity index (χ4v) is 2.24. The van der Waals surface area contributed by atoms with Crippen molar-refractivity contribution in [1.82, 2.24) is 9.97 Å². The van der Waals surface area contributed by atoms with Gasteiger partial charge in [0.2, 0.25) is 0 Å². The van der Waals surface area contributed by atoms with Gasteiger partial charge >= 0.3 is 0 Å². The first-order valence-electron chi connectivity index (χ1n) is 7.38. The molecule has 4 nitrogen and oxygen atoms in total. The highest BCUT2D eigenvalue weighted by atomic mass is 15.2. The van der Waals surface area contributed by atoms with E-state index in [1.54, 1.807) is 6.33 Å². The van der Waals surface area contributed by atoms with E-state index in [1.807, 2.05) is 0 Å². The molecule has 1 rings (SSSR count). The van der Waals surface area contributed by atoms with Gasteiger partial charge in [-0.15, -0.1) is 0 Å². The summed E-state index contributed by atoms with van der Waals surface area (Å²) in [5.74, 6) is 2.70. The second kappa shape index (κ2) is 7.97. The van der Waals surface area contributed by atoms with Crippen LogP contribution in [-0.2, 0) is 6.42 Å². The van der Waals surface area contributed by atoms with Gasteiger partial charge in [-0.1, -0.05) is 34.1 Å². The highest BCUT2D eigenvalue weighted by molar-refractivity contribution is 5.58. The maximum absolute atomic E-state index is 4.49. The molecule has 19 heavy (non-hydrogen) atoms. The Hall–Kier alpha value is -1.32. The molecule has 4 heteroatoms. The number of rotatable bonds is 8. The Bertz CT molecular complexity index is 376. The van der Waals surface area contributed by atoms with Crippen LogP contribution in [0.25, 0.3) is 0 Å². The third-order valence-electron chi connectivity index (χ3n) is 2.97. The molecule has 0 saturated carbocycles. The molecule has 0 unspecified atom stereocenters. The molecule has 0 aliphatic carbocycles. The monoisotopic (exact) mass is 264 g/mol. The number of nitrogens with one attached hydrogen (secondary N) is 1. The van der Waals surface area contributed by atoms with Crippen LogP contribution < -0.4 is 10.2 Å². The summed E-state index contributed by atoms with van der Waals surface area (Å²) in [6, 6.07) is 0. The molecule has 108 valence electrons. The molecule has 1 aromatic rings. The van der Waals surface area contributed by atoms with Crippen molar-refractivity contribution < 1.29 is 0 Å². The Morgan fingerprint density at radius 3 is 2.53 bits per heavy atom. The van der Waals surface area contributed by atoms with Crippen molar-refractivity contribution in [3.05, 3.63) is 11.9 Å². The van der Waals surface area contributed by atoms with Gasteiger partial charge in [0.25, 0.3) is 0 Å². The van der Waals surface area contributed by atoms with Gasteiger partial charge in [-0.05, 0) is 18.8 Å². The van der Waals surface area contributed by atoms with Gasteiger partial charge in [-0.25, -0.2) is 9.97 Å². The van der Waals surface area contributed by atoms with Crippen molar-refractivity contribution in [2.24, 2.45) is 5.92 Å². The molecule has 0 amide bonds. The van der Waals surface area contributed by atoms with Crippen molar-refractivity contribution >= 4 is 11.6 Å². The molecule has 0 radical (unpaired) electrons. The summed E-state index contributed by atoms with van der Waals surface area (Å²) in [7, 11) is 2.12. The molecule has 1 aromatic heterocycles. The molecular formula is C15H28N4. The van der Waals surface area contributed by atoms with Gasteiger partial charge in [0.15, 0.2) is 0 Å². The average Bonchev–Trinajstić information content (AvgIpc) is 2.36. The maximum atomic E-state index is 4.49. The van der Waals surface area contributed by atoms with Gasteiger partial charge in [0, 0.05) is 25.7 Å². The standard InChI is InChI=1S/C15H28N4/c1-6-8-13-14(16-9-7-2)17-11-18-15(13)19(5)10-12(3)4/h11-12H,6-10H2,1-5H3,(H,16,17,18). The van der Waals surface area contributed by atoms with E-state index in [-0.39, 0.29) is 0 Å².